The molecule has 1 unspecified atom stereocenters. The molecule has 0 saturated carbocycles. The van der Waals surface area contributed by atoms with Gasteiger partial charge in [0, 0.05) is 0 Å². The van der Waals surface area contributed by atoms with E-state index in [-0.39, 0.29) is 19.4 Å². The van der Waals surface area contributed by atoms with Crippen molar-refractivity contribution in [2.45, 2.75) is 58.0 Å². The first kappa shape index (κ1) is 15.3. The fourth-order valence-electron chi connectivity index (χ4n) is 1.44. The van der Waals surface area contributed by atoms with Crippen molar-refractivity contribution >= 4 is 5.97 Å². The Morgan fingerprint density at radius 2 is 1.88 bits per heavy atom. The summed E-state index contributed by atoms with van der Waals surface area (Å²) in [7, 11) is 0. The first-order valence-electron chi connectivity index (χ1n) is 5.63. The standard InChI is InChI=1S/C11H20F2O3/c1-4-7-8-10(15,5-2)11(12,13)9(14)16-6-3/h15H,4-8H2,1-3H3. The number of hydrogen-bond acceptors (Lipinski definition) is 3. The molecule has 0 radical (unpaired) electrons. The molecule has 1 N–H and O–H groups in total. The monoisotopic (exact) mass is 238 g/mol. The molecule has 0 fully saturated rings. The topological polar surface area (TPSA) is 46.5 Å². The minimum atomic E-state index is -3.84. The lowest BCUT2D eigenvalue weighted by Gasteiger charge is -2.33. The fourth-order valence-corrected chi connectivity index (χ4v) is 1.44. The summed E-state index contributed by atoms with van der Waals surface area (Å²) in [6.07, 6.45) is 0.838. The van der Waals surface area contributed by atoms with Crippen LogP contribution in [0.5, 0.6) is 0 Å². The first-order chi connectivity index (χ1) is 7.35. The minimum Gasteiger partial charge on any atom is -0.461 e. The maximum Gasteiger partial charge on any atom is 0.380 e. The van der Waals surface area contributed by atoms with E-state index >= 15 is 0 Å². The molecule has 0 aliphatic carbocycles. The Balaban J connectivity index is 4.82. The van der Waals surface area contributed by atoms with Gasteiger partial charge in [-0.25, -0.2) is 4.79 Å². The molecular weight excluding hydrogens is 218 g/mol. The van der Waals surface area contributed by atoms with E-state index in [0.717, 1.165) is 0 Å². The van der Waals surface area contributed by atoms with Crippen molar-refractivity contribution in [2.75, 3.05) is 6.61 Å². The minimum absolute atomic E-state index is 0.105. The summed E-state index contributed by atoms with van der Waals surface area (Å²) in [4.78, 5) is 11.1. The molecule has 0 spiro atoms. The van der Waals surface area contributed by atoms with Crippen LogP contribution in [-0.2, 0) is 9.53 Å². The second kappa shape index (κ2) is 6.13. The lowest BCUT2D eigenvalue weighted by molar-refractivity contribution is -0.216. The predicted octanol–water partition coefficient (Wildman–Crippen LogP) is 2.52. The van der Waals surface area contributed by atoms with Gasteiger partial charge in [-0.05, 0) is 19.8 Å². The highest BCUT2D eigenvalue weighted by Crippen LogP contribution is 2.36. The number of ether oxygens (including phenoxy) is 1. The zero-order valence-corrected chi connectivity index (χ0v) is 10.1. The normalized spacial score (nSPS) is 15.6. The molecule has 0 bridgehead atoms. The number of unbranched alkanes of at least 4 members (excludes halogenated alkanes) is 1. The van der Waals surface area contributed by atoms with Crippen LogP contribution in [0.4, 0.5) is 8.78 Å². The van der Waals surface area contributed by atoms with Crippen LogP contribution in [-0.4, -0.2) is 29.2 Å². The van der Waals surface area contributed by atoms with Crippen molar-refractivity contribution in [3.05, 3.63) is 0 Å². The molecule has 96 valence electrons. The zero-order chi connectivity index (χ0) is 12.8. The van der Waals surface area contributed by atoms with E-state index in [1.807, 2.05) is 6.92 Å². The van der Waals surface area contributed by atoms with E-state index in [4.69, 9.17) is 0 Å². The summed E-state index contributed by atoms with van der Waals surface area (Å²) < 4.78 is 31.6. The Bertz CT molecular complexity index is 231. The van der Waals surface area contributed by atoms with Crippen molar-refractivity contribution in [2.24, 2.45) is 0 Å². The van der Waals surface area contributed by atoms with E-state index in [1.165, 1.54) is 13.8 Å². The highest BCUT2D eigenvalue weighted by molar-refractivity contribution is 5.79. The van der Waals surface area contributed by atoms with Crippen LogP contribution in [0.15, 0.2) is 0 Å². The van der Waals surface area contributed by atoms with E-state index < -0.39 is 17.5 Å². The van der Waals surface area contributed by atoms with Crippen LogP contribution in [0.25, 0.3) is 0 Å². The van der Waals surface area contributed by atoms with Crippen molar-refractivity contribution in [1.29, 1.82) is 0 Å². The van der Waals surface area contributed by atoms with Gasteiger partial charge in [-0.3, -0.25) is 0 Å². The van der Waals surface area contributed by atoms with Gasteiger partial charge in [-0.1, -0.05) is 26.7 Å². The number of hydrogen-bond donors (Lipinski definition) is 1. The summed E-state index contributed by atoms with van der Waals surface area (Å²) in [5.41, 5.74) is -2.30. The number of halogens is 2. The summed E-state index contributed by atoms with van der Waals surface area (Å²) in [6.45, 7) is 4.59. The van der Waals surface area contributed by atoms with E-state index in [0.29, 0.717) is 12.8 Å². The van der Waals surface area contributed by atoms with Gasteiger partial charge in [0.25, 0.3) is 0 Å². The quantitative estimate of drug-likeness (QED) is 0.693. The third kappa shape index (κ3) is 3.14. The third-order valence-electron chi connectivity index (χ3n) is 2.65. The molecule has 5 heteroatoms. The smallest absolute Gasteiger partial charge is 0.380 e. The van der Waals surface area contributed by atoms with E-state index in [9.17, 15) is 18.7 Å². The summed E-state index contributed by atoms with van der Waals surface area (Å²) >= 11 is 0. The molecule has 0 rings (SSSR count). The van der Waals surface area contributed by atoms with Crippen LogP contribution in [0.1, 0.15) is 46.5 Å². The van der Waals surface area contributed by atoms with Gasteiger partial charge in [-0.15, -0.1) is 0 Å². The molecule has 3 nitrogen and oxygen atoms in total. The molecular formula is C11H20F2O3. The third-order valence-corrected chi connectivity index (χ3v) is 2.65. The molecule has 0 aromatic carbocycles. The molecule has 1 atom stereocenters. The Kier molecular flexibility index (Phi) is 5.86. The molecule has 0 aliphatic heterocycles. The summed E-state index contributed by atoms with van der Waals surface area (Å²) in [5, 5.41) is 9.83. The molecule has 16 heavy (non-hydrogen) atoms. The Hall–Kier alpha value is -0.710. The van der Waals surface area contributed by atoms with Crippen molar-refractivity contribution in [1.82, 2.24) is 0 Å². The van der Waals surface area contributed by atoms with E-state index in [1.54, 1.807) is 0 Å². The van der Waals surface area contributed by atoms with Gasteiger partial charge in [0.1, 0.15) is 5.60 Å². The molecule has 0 heterocycles. The molecule has 0 aliphatic rings. The van der Waals surface area contributed by atoms with Crippen molar-refractivity contribution in [3.8, 4) is 0 Å². The lowest BCUT2D eigenvalue weighted by Crippen LogP contribution is -2.53. The Labute approximate surface area is 94.8 Å². The molecule has 0 saturated heterocycles. The van der Waals surface area contributed by atoms with E-state index in [2.05, 4.69) is 4.74 Å². The number of alkyl halides is 2. The van der Waals surface area contributed by atoms with Gasteiger partial charge in [-0.2, -0.15) is 8.78 Å². The average Bonchev–Trinajstić information content (AvgIpc) is 2.25. The number of carbonyl (C=O) groups is 1. The Morgan fingerprint density at radius 1 is 1.31 bits per heavy atom. The SMILES string of the molecule is CCCCC(O)(CC)C(F)(F)C(=O)OCC. The lowest BCUT2D eigenvalue weighted by atomic mass is 9.87. The molecule has 0 amide bonds. The number of rotatable bonds is 7. The highest BCUT2D eigenvalue weighted by Gasteiger charge is 2.57. The van der Waals surface area contributed by atoms with Crippen LogP contribution >= 0.6 is 0 Å². The second-order valence-electron chi connectivity index (χ2n) is 3.78. The summed E-state index contributed by atoms with van der Waals surface area (Å²) in [6, 6.07) is 0. The maximum atomic E-state index is 13.7. The van der Waals surface area contributed by atoms with Gasteiger partial charge >= 0.3 is 11.9 Å². The van der Waals surface area contributed by atoms with Gasteiger partial charge in [0.05, 0.1) is 6.61 Å². The van der Waals surface area contributed by atoms with Crippen LogP contribution in [0, 0.1) is 0 Å². The first-order valence-corrected chi connectivity index (χ1v) is 5.63. The van der Waals surface area contributed by atoms with Crippen LogP contribution in [0.3, 0.4) is 0 Å². The largest absolute Gasteiger partial charge is 0.461 e. The molecule has 0 aromatic rings. The maximum absolute atomic E-state index is 13.7. The number of esters is 1. The highest BCUT2D eigenvalue weighted by atomic mass is 19.3. The van der Waals surface area contributed by atoms with Crippen LogP contribution in [0.2, 0.25) is 0 Å². The number of carbonyl (C=O) groups excluding carboxylic acids is 1. The van der Waals surface area contributed by atoms with Crippen molar-refractivity contribution < 1.29 is 23.4 Å². The fraction of sp³-hybridized carbons (Fsp3) is 0.909. The summed E-state index contributed by atoms with van der Waals surface area (Å²) in [5.74, 6) is -5.48. The predicted molar refractivity (Wildman–Crippen MR) is 56.3 cm³/mol. The number of aliphatic hydroxyl groups is 1. The average molecular weight is 238 g/mol. The Morgan fingerprint density at radius 3 is 2.25 bits per heavy atom. The van der Waals surface area contributed by atoms with Gasteiger partial charge in [0.15, 0.2) is 0 Å². The van der Waals surface area contributed by atoms with Crippen molar-refractivity contribution in [3.63, 3.8) is 0 Å². The molecule has 0 aromatic heterocycles. The van der Waals surface area contributed by atoms with Gasteiger partial charge in [0.2, 0.25) is 0 Å². The van der Waals surface area contributed by atoms with Crippen LogP contribution < -0.4 is 0 Å². The second-order valence-corrected chi connectivity index (χ2v) is 3.78. The zero-order valence-electron chi connectivity index (χ0n) is 10.1. The van der Waals surface area contributed by atoms with Gasteiger partial charge < -0.3 is 9.84 Å².